The standard InChI is InChI=1S/C18H15B2N/c19-20-13-9-11-14(12-10-13)21-17-7-3-1-5-15(17)16-6-2-4-8-18(16)21/h1-12,20H,19H2. The van der Waals surface area contributed by atoms with E-state index >= 15 is 0 Å². The number of fused-ring (bicyclic) bond motifs is 3. The Hall–Kier alpha value is -2.41. The number of benzene rings is 3. The molecular weight excluding hydrogens is 252 g/mol. The zero-order chi connectivity index (χ0) is 14.2. The molecule has 0 saturated heterocycles. The molecule has 0 bridgehead atoms. The van der Waals surface area contributed by atoms with Gasteiger partial charge in [0.1, 0.15) is 7.17 Å². The molecule has 0 N–H and O–H groups in total. The smallest absolute Gasteiger partial charge is 0.118 e. The fourth-order valence-electron chi connectivity index (χ4n) is 3.08. The lowest BCUT2D eigenvalue weighted by atomic mass is 9.51. The van der Waals surface area contributed by atoms with Gasteiger partial charge in [0.25, 0.3) is 0 Å². The SMILES string of the molecule is BBc1ccc(-n2c3ccccc3c3ccccc32)cc1. The third-order valence-corrected chi connectivity index (χ3v) is 4.18. The summed E-state index contributed by atoms with van der Waals surface area (Å²) in [6, 6.07) is 26.1. The van der Waals surface area contributed by atoms with E-state index in [2.05, 4.69) is 85.1 Å². The second-order valence-electron chi connectivity index (χ2n) is 5.39. The predicted molar refractivity (Wildman–Crippen MR) is 96.1 cm³/mol. The van der Waals surface area contributed by atoms with E-state index in [1.807, 2.05) is 0 Å². The molecule has 0 unspecified atom stereocenters. The van der Waals surface area contributed by atoms with Crippen LogP contribution in [-0.2, 0) is 0 Å². The number of hydrogen-bond donors (Lipinski definition) is 0. The molecule has 98 valence electrons. The molecule has 0 aliphatic carbocycles. The quantitative estimate of drug-likeness (QED) is 0.491. The molecule has 0 aliphatic rings. The van der Waals surface area contributed by atoms with Crippen LogP contribution in [0, 0.1) is 0 Å². The van der Waals surface area contributed by atoms with E-state index in [-0.39, 0.29) is 0 Å². The van der Waals surface area contributed by atoms with Crippen LogP contribution in [0.4, 0.5) is 0 Å². The fourth-order valence-corrected chi connectivity index (χ4v) is 3.08. The molecule has 21 heavy (non-hydrogen) atoms. The highest BCUT2D eigenvalue weighted by Crippen LogP contribution is 2.31. The maximum atomic E-state index is 2.35. The zero-order valence-electron chi connectivity index (χ0n) is 12.1. The average molecular weight is 267 g/mol. The van der Waals surface area contributed by atoms with Crippen LogP contribution in [0.1, 0.15) is 0 Å². The van der Waals surface area contributed by atoms with Crippen LogP contribution >= 0.6 is 0 Å². The van der Waals surface area contributed by atoms with E-state index < -0.39 is 0 Å². The normalized spacial score (nSPS) is 11.0. The van der Waals surface area contributed by atoms with Gasteiger partial charge in [-0.2, -0.15) is 0 Å². The molecule has 0 atom stereocenters. The molecule has 1 heterocycles. The third-order valence-electron chi connectivity index (χ3n) is 4.18. The maximum absolute atomic E-state index is 2.35. The largest absolute Gasteiger partial charge is 0.309 e. The molecule has 1 aromatic heterocycles. The molecule has 1 nitrogen and oxygen atoms in total. The van der Waals surface area contributed by atoms with Gasteiger partial charge in [0, 0.05) is 16.5 Å². The zero-order valence-corrected chi connectivity index (χ0v) is 12.1. The Morgan fingerprint density at radius 2 is 1.19 bits per heavy atom. The van der Waals surface area contributed by atoms with E-state index in [0.717, 1.165) is 7.17 Å². The summed E-state index contributed by atoms with van der Waals surface area (Å²) in [6.45, 7) is 0. The summed E-state index contributed by atoms with van der Waals surface area (Å²) < 4.78 is 2.35. The fraction of sp³-hybridized carbons (Fsp3) is 0. The number of nitrogens with zero attached hydrogens (tertiary/aromatic N) is 1. The molecule has 0 spiro atoms. The van der Waals surface area contributed by atoms with Gasteiger partial charge in [-0.15, -0.1) is 0 Å². The minimum absolute atomic E-state index is 1.08. The summed E-state index contributed by atoms with van der Waals surface area (Å²) in [5, 5.41) is 2.63. The Morgan fingerprint density at radius 3 is 1.71 bits per heavy atom. The molecule has 0 aliphatic heterocycles. The van der Waals surface area contributed by atoms with Crippen molar-refractivity contribution in [2.75, 3.05) is 0 Å². The van der Waals surface area contributed by atoms with Crippen molar-refractivity contribution >= 4 is 42.2 Å². The molecule has 4 aromatic rings. The van der Waals surface area contributed by atoms with Crippen molar-refractivity contribution in [1.29, 1.82) is 0 Å². The van der Waals surface area contributed by atoms with Crippen molar-refractivity contribution in [3.8, 4) is 5.69 Å². The van der Waals surface area contributed by atoms with E-state index in [1.165, 1.54) is 33.0 Å². The third kappa shape index (κ3) is 1.89. The number of rotatable bonds is 2. The highest BCUT2D eigenvalue weighted by molar-refractivity contribution is 6.97. The highest BCUT2D eigenvalue weighted by atomic mass is 15.0. The number of para-hydroxylation sites is 2. The highest BCUT2D eigenvalue weighted by Gasteiger charge is 2.10. The Bertz CT molecular complexity index is 870. The number of hydrogen-bond acceptors (Lipinski definition) is 0. The van der Waals surface area contributed by atoms with Gasteiger partial charge in [-0.25, -0.2) is 0 Å². The van der Waals surface area contributed by atoms with Crippen molar-refractivity contribution in [2.24, 2.45) is 0 Å². The first kappa shape index (κ1) is 12.3. The summed E-state index contributed by atoms with van der Waals surface area (Å²) >= 11 is 0. The molecule has 3 heteroatoms. The monoisotopic (exact) mass is 267 g/mol. The van der Waals surface area contributed by atoms with E-state index in [9.17, 15) is 0 Å². The first-order valence-corrected chi connectivity index (χ1v) is 7.46. The first-order chi connectivity index (χ1) is 10.4. The average Bonchev–Trinajstić information content (AvgIpc) is 2.90. The Balaban J connectivity index is 2.09. The van der Waals surface area contributed by atoms with Gasteiger partial charge in [0.05, 0.1) is 18.8 Å². The van der Waals surface area contributed by atoms with Crippen LogP contribution in [0.3, 0.4) is 0 Å². The van der Waals surface area contributed by atoms with Gasteiger partial charge in [0.2, 0.25) is 0 Å². The summed E-state index contributed by atoms with van der Waals surface area (Å²) in [5.41, 5.74) is 5.13. The molecular formula is C18H15B2N. The first-order valence-electron chi connectivity index (χ1n) is 7.46. The van der Waals surface area contributed by atoms with Crippen molar-refractivity contribution < 1.29 is 0 Å². The Labute approximate surface area is 125 Å². The summed E-state index contributed by atoms with van der Waals surface area (Å²) in [4.78, 5) is 0. The molecule has 4 rings (SSSR count). The van der Waals surface area contributed by atoms with Gasteiger partial charge in [-0.1, -0.05) is 54.0 Å². The molecule has 0 radical (unpaired) electrons. The van der Waals surface area contributed by atoms with Gasteiger partial charge >= 0.3 is 0 Å². The Morgan fingerprint density at radius 1 is 0.667 bits per heavy atom. The predicted octanol–water partition coefficient (Wildman–Crippen LogP) is 2.39. The van der Waals surface area contributed by atoms with Crippen LogP contribution in [0.2, 0.25) is 0 Å². The molecule has 0 fully saturated rings. The lowest BCUT2D eigenvalue weighted by Crippen LogP contribution is -2.13. The minimum Gasteiger partial charge on any atom is -0.309 e. The van der Waals surface area contributed by atoms with E-state index in [4.69, 9.17) is 0 Å². The van der Waals surface area contributed by atoms with Gasteiger partial charge in [-0.05, 0) is 24.3 Å². The van der Waals surface area contributed by atoms with E-state index in [0.29, 0.717) is 0 Å². The lowest BCUT2D eigenvalue weighted by Gasteiger charge is -2.08. The molecule has 0 amide bonds. The molecule has 0 saturated carbocycles. The van der Waals surface area contributed by atoms with Crippen molar-refractivity contribution in [2.45, 2.75) is 0 Å². The lowest BCUT2D eigenvalue weighted by molar-refractivity contribution is 1.18. The van der Waals surface area contributed by atoms with Crippen molar-refractivity contribution in [3.05, 3.63) is 72.8 Å². The minimum atomic E-state index is 1.08. The van der Waals surface area contributed by atoms with Crippen molar-refractivity contribution in [1.82, 2.24) is 4.57 Å². The van der Waals surface area contributed by atoms with Crippen LogP contribution in [0.5, 0.6) is 0 Å². The van der Waals surface area contributed by atoms with Crippen LogP contribution < -0.4 is 5.46 Å². The summed E-state index contributed by atoms with van der Waals surface area (Å²) in [6.07, 6.45) is 0. The second kappa shape index (κ2) is 4.85. The van der Waals surface area contributed by atoms with Crippen molar-refractivity contribution in [3.63, 3.8) is 0 Å². The summed E-state index contributed by atoms with van der Waals surface area (Å²) in [5.74, 6) is 0. The molecule has 3 aromatic carbocycles. The summed E-state index contributed by atoms with van der Waals surface area (Å²) in [7, 11) is 3.27. The van der Waals surface area contributed by atoms with Gasteiger partial charge in [-0.3, -0.25) is 0 Å². The van der Waals surface area contributed by atoms with E-state index in [1.54, 1.807) is 0 Å². The van der Waals surface area contributed by atoms with Gasteiger partial charge in [0.15, 0.2) is 0 Å². The second-order valence-corrected chi connectivity index (χ2v) is 5.39. The maximum Gasteiger partial charge on any atom is 0.118 e. The Kier molecular flexibility index (Phi) is 2.85. The van der Waals surface area contributed by atoms with Crippen LogP contribution in [0.15, 0.2) is 72.8 Å². The van der Waals surface area contributed by atoms with Gasteiger partial charge < -0.3 is 4.57 Å². The van der Waals surface area contributed by atoms with Crippen LogP contribution in [-0.4, -0.2) is 19.5 Å². The number of aromatic nitrogens is 1. The topological polar surface area (TPSA) is 4.93 Å². The van der Waals surface area contributed by atoms with Crippen LogP contribution in [0.25, 0.3) is 27.5 Å².